The smallest absolute Gasteiger partial charge is 0.335 e. The number of nitrogens with one attached hydrogen (secondary N) is 2. The van der Waals surface area contributed by atoms with E-state index in [4.69, 9.17) is 4.74 Å². The quantitative estimate of drug-likeness (QED) is 0.253. The van der Waals surface area contributed by atoms with Crippen molar-refractivity contribution >= 4 is 23.4 Å². The van der Waals surface area contributed by atoms with Crippen LogP contribution in [0.15, 0.2) is 91.0 Å². The minimum absolute atomic E-state index is 0.141. The Morgan fingerprint density at radius 3 is 2.03 bits per heavy atom. The Labute approximate surface area is 216 Å². The number of benzene rings is 4. The van der Waals surface area contributed by atoms with Crippen LogP contribution in [0.25, 0.3) is 11.1 Å². The summed E-state index contributed by atoms with van der Waals surface area (Å²) in [7, 11) is 0. The average Bonchev–Trinajstić information content (AvgIpc) is 2.86. The summed E-state index contributed by atoms with van der Waals surface area (Å²) in [6, 6.07) is 27.1. The molecule has 0 saturated carbocycles. The molecule has 2 amide bonds. The van der Waals surface area contributed by atoms with E-state index in [0.29, 0.717) is 22.9 Å². The average molecular weight is 495 g/mol. The number of aryl methyl sites for hydroxylation is 1. The molecule has 0 bridgehead atoms. The summed E-state index contributed by atoms with van der Waals surface area (Å²) in [5.74, 6) is 0.210. The molecule has 4 aromatic rings. The standard InChI is InChI=1S/C31H30N2O4/c1-20-9-5-7-11-25(20)32-30(36)33-26-19-23(21-13-15-22(16-14-21)29(34)35)17-18-28(26)37-27-12-8-6-10-24(27)31(2,3)4/h5-19H,1-4H3,(H,34,35)(H2,32,33,36). The van der Waals surface area contributed by atoms with E-state index >= 15 is 0 Å². The maximum atomic E-state index is 13.0. The van der Waals surface area contributed by atoms with Gasteiger partial charge in [0.05, 0.1) is 11.3 Å². The molecule has 0 spiro atoms. The molecule has 188 valence electrons. The number of urea groups is 1. The van der Waals surface area contributed by atoms with Crippen molar-refractivity contribution in [1.29, 1.82) is 0 Å². The number of carboxylic acids is 1. The molecule has 0 radical (unpaired) electrons. The highest BCUT2D eigenvalue weighted by Crippen LogP contribution is 2.38. The lowest BCUT2D eigenvalue weighted by atomic mass is 9.86. The number of hydrogen-bond donors (Lipinski definition) is 3. The number of hydrogen-bond acceptors (Lipinski definition) is 3. The van der Waals surface area contributed by atoms with Crippen molar-refractivity contribution in [3.63, 3.8) is 0 Å². The Bertz CT molecular complexity index is 1440. The van der Waals surface area contributed by atoms with Gasteiger partial charge in [-0.1, -0.05) is 75.4 Å². The molecule has 4 aromatic carbocycles. The summed E-state index contributed by atoms with van der Waals surface area (Å²) in [5, 5.41) is 15.0. The summed E-state index contributed by atoms with van der Waals surface area (Å²) < 4.78 is 6.36. The maximum absolute atomic E-state index is 13.0. The fraction of sp³-hybridized carbons (Fsp3) is 0.161. The van der Waals surface area contributed by atoms with E-state index in [1.807, 2.05) is 73.7 Å². The van der Waals surface area contributed by atoms with Crippen molar-refractivity contribution in [3.05, 3.63) is 108 Å². The Morgan fingerprint density at radius 2 is 1.35 bits per heavy atom. The molecule has 4 rings (SSSR count). The highest BCUT2D eigenvalue weighted by atomic mass is 16.5. The molecule has 3 N–H and O–H groups in total. The van der Waals surface area contributed by atoms with Gasteiger partial charge in [-0.05, 0) is 65.4 Å². The van der Waals surface area contributed by atoms with Crippen LogP contribution >= 0.6 is 0 Å². The molecular formula is C31H30N2O4. The van der Waals surface area contributed by atoms with E-state index in [9.17, 15) is 14.7 Å². The number of para-hydroxylation sites is 2. The van der Waals surface area contributed by atoms with Gasteiger partial charge in [0.1, 0.15) is 5.75 Å². The van der Waals surface area contributed by atoms with Crippen LogP contribution in [0.1, 0.15) is 42.3 Å². The normalized spacial score (nSPS) is 11.0. The molecule has 0 aliphatic rings. The predicted octanol–water partition coefficient (Wildman–Crippen LogP) is 8.09. The van der Waals surface area contributed by atoms with E-state index in [1.165, 1.54) is 0 Å². The molecule has 0 fully saturated rings. The highest BCUT2D eigenvalue weighted by molar-refractivity contribution is 6.01. The van der Waals surface area contributed by atoms with Crippen molar-refractivity contribution in [3.8, 4) is 22.6 Å². The van der Waals surface area contributed by atoms with Crippen molar-refractivity contribution in [2.75, 3.05) is 10.6 Å². The van der Waals surface area contributed by atoms with Crippen molar-refractivity contribution < 1.29 is 19.4 Å². The summed E-state index contributed by atoms with van der Waals surface area (Å²) >= 11 is 0. The summed E-state index contributed by atoms with van der Waals surface area (Å²) in [4.78, 5) is 24.2. The van der Waals surface area contributed by atoms with Crippen LogP contribution in [0.3, 0.4) is 0 Å². The van der Waals surface area contributed by atoms with E-state index in [1.54, 1.807) is 24.3 Å². The molecule has 0 saturated heterocycles. The van der Waals surface area contributed by atoms with Crippen molar-refractivity contribution in [2.24, 2.45) is 0 Å². The molecular weight excluding hydrogens is 464 g/mol. The minimum Gasteiger partial charge on any atom is -0.478 e. The predicted molar refractivity (Wildman–Crippen MR) is 148 cm³/mol. The van der Waals surface area contributed by atoms with Gasteiger partial charge in [-0.25, -0.2) is 9.59 Å². The van der Waals surface area contributed by atoms with Gasteiger partial charge in [-0.15, -0.1) is 0 Å². The highest BCUT2D eigenvalue weighted by Gasteiger charge is 2.20. The molecule has 0 aliphatic carbocycles. The number of ether oxygens (including phenoxy) is 1. The van der Waals surface area contributed by atoms with Crippen molar-refractivity contribution in [2.45, 2.75) is 33.1 Å². The first kappa shape index (κ1) is 25.5. The molecule has 0 heterocycles. The molecule has 6 nitrogen and oxygen atoms in total. The van der Waals surface area contributed by atoms with E-state index < -0.39 is 12.0 Å². The zero-order valence-corrected chi connectivity index (χ0v) is 21.3. The summed E-state index contributed by atoms with van der Waals surface area (Å²) in [6.07, 6.45) is 0. The Hall–Kier alpha value is -4.58. The molecule has 0 aromatic heterocycles. The van der Waals surface area contributed by atoms with E-state index in [-0.39, 0.29) is 11.0 Å². The number of carbonyl (C=O) groups excluding carboxylic acids is 1. The second kappa shape index (κ2) is 10.6. The monoisotopic (exact) mass is 494 g/mol. The maximum Gasteiger partial charge on any atom is 0.335 e. The third-order valence-corrected chi connectivity index (χ3v) is 6.00. The number of carboxylic acid groups (broad SMARTS) is 1. The topological polar surface area (TPSA) is 87.7 Å². The van der Waals surface area contributed by atoms with Gasteiger partial charge in [0.2, 0.25) is 0 Å². The van der Waals surface area contributed by atoms with Gasteiger partial charge in [0.15, 0.2) is 5.75 Å². The van der Waals surface area contributed by atoms with Crippen LogP contribution in [0, 0.1) is 6.92 Å². The van der Waals surface area contributed by atoms with Gasteiger partial charge < -0.3 is 20.5 Å². The molecule has 37 heavy (non-hydrogen) atoms. The van der Waals surface area contributed by atoms with Gasteiger partial charge in [-0.2, -0.15) is 0 Å². The number of aromatic carboxylic acids is 1. The summed E-state index contributed by atoms with van der Waals surface area (Å²) in [6.45, 7) is 8.28. The summed E-state index contributed by atoms with van der Waals surface area (Å²) in [5.41, 5.74) is 4.86. The number of anilines is 2. The Kier molecular flexibility index (Phi) is 7.30. The van der Waals surface area contributed by atoms with Crippen LogP contribution in [-0.2, 0) is 5.41 Å². The van der Waals surface area contributed by atoms with E-state index in [0.717, 1.165) is 22.3 Å². The second-order valence-electron chi connectivity index (χ2n) is 9.84. The van der Waals surface area contributed by atoms with Crippen LogP contribution < -0.4 is 15.4 Å². The lowest BCUT2D eigenvalue weighted by Crippen LogP contribution is -2.20. The fourth-order valence-electron chi connectivity index (χ4n) is 3.98. The number of rotatable bonds is 6. The Balaban J connectivity index is 1.70. The Morgan fingerprint density at radius 1 is 0.730 bits per heavy atom. The molecule has 6 heteroatoms. The zero-order chi connectivity index (χ0) is 26.6. The van der Waals surface area contributed by atoms with Crippen LogP contribution in [0.4, 0.5) is 16.2 Å². The van der Waals surface area contributed by atoms with Gasteiger partial charge in [0, 0.05) is 11.3 Å². The van der Waals surface area contributed by atoms with Gasteiger partial charge >= 0.3 is 12.0 Å². The largest absolute Gasteiger partial charge is 0.478 e. The van der Waals surface area contributed by atoms with Gasteiger partial charge in [-0.3, -0.25) is 0 Å². The third-order valence-electron chi connectivity index (χ3n) is 6.00. The fourth-order valence-corrected chi connectivity index (χ4v) is 3.98. The lowest BCUT2D eigenvalue weighted by Gasteiger charge is -2.23. The molecule has 0 unspecified atom stereocenters. The lowest BCUT2D eigenvalue weighted by molar-refractivity contribution is 0.0697. The van der Waals surface area contributed by atoms with Crippen molar-refractivity contribution in [1.82, 2.24) is 0 Å². The molecule has 0 aliphatic heterocycles. The second-order valence-corrected chi connectivity index (χ2v) is 9.84. The number of carbonyl (C=O) groups is 2. The first-order chi connectivity index (χ1) is 17.6. The zero-order valence-electron chi connectivity index (χ0n) is 21.3. The van der Waals surface area contributed by atoms with Crippen LogP contribution in [-0.4, -0.2) is 17.1 Å². The minimum atomic E-state index is -0.983. The van der Waals surface area contributed by atoms with Crippen LogP contribution in [0.5, 0.6) is 11.5 Å². The van der Waals surface area contributed by atoms with Gasteiger partial charge in [0.25, 0.3) is 0 Å². The number of amides is 2. The van der Waals surface area contributed by atoms with Crippen LogP contribution in [0.2, 0.25) is 0 Å². The first-order valence-electron chi connectivity index (χ1n) is 12.0. The van der Waals surface area contributed by atoms with E-state index in [2.05, 4.69) is 31.4 Å². The first-order valence-corrected chi connectivity index (χ1v) is 12.0. The molecule has 0 atom stereocenters. The third kappa shape index (κ3) is 6.16. The SMILES string of the molecule is Cc1ccccc1NC(=O)Nc1cc(-c2ccc(C(=O)O)cc2)ccc1Oc1ccccc1C(C)(C)C.